The summed E-state index contributed by atoms with van der Waals surface area (Å²) in [5.41, 5.74) is 1.94. The van der Waals surface area contributed by atoms with Crippen LogP contribution in [0.1, 0.15) is 11.1 Å². The van der Waals surface area contributed by atoms with Crippen LogP contribution in [0.5, 0.6) is 5.75 Å². The van der Waals surface area contributed by atoms with E-state index in [2.05, 4.69) is 15.6 Å². The molecule has 0 aliphatic rings. The van der Waals surface area contributed by atoms with Gasteiger partial charge in [0.25, 0.3) is 0 Å². The smallest absolute Gasteiger partial charge is 0.315 e. The number of carbonyl (C=O) groups is 1. The van der Waals surface area contributed by atoms with E-state index in [1.807, 2.05) is 18.2 Å². The molecular formula is C15H17N3O2. The molecule has 0 saturated carbocycles. The molecule has 0 fully saturated rings. The largest absolute Gasteiger partial charge is 0.508 e. The van der Waals surface area contributed by atoms with Gasteiger partial charge in [0.05, 0.1) is 0 Å². The highest BCUT2D eigenvalue weighted by Gasteiger charge is 2.00. The first kappa shape index (κ1) is 13.9. The van der Waals surface area contributed by atoms with E-state index < -0.39 is 0 Å². The van der Waals surface area contributed by atoms with Crippen molar-refractivity contribution in [2.45, 2.75) is 13.0 Å². The molecule has 104 valence electrons. The lowest BCUT2D eigenvalue weighted by Gasteiger charge is -2.07. The van der Waals surface area contributed by atoms with Crippen LogP contribution >= 0.6 is 0 Å². The number of hydrogen-bond donors (Lipinski definition) is 3. The molecule has 1 aromatic carbocycles. The quantitative estimate of drug-likeness (QED) is 0.776. The van der Waals surface area contributed by atoms with E-state index in [0.717, 1.165) is 11.1 Å². The number of aromatic hydroxyl groups is 1. The molecule has 0 bridgehead atoms. The predicted octanol–water partition coefficient (Wildman–Crippen LogP) is 1.83. The van der Waals surface area contributed by atoms with Crippen molar-refractivity contribution in [3.05, 3.63) is 59.9 Å². The second-order valence-electron chi connectivity index (χ2n) is 4.39. The molecule has 5 nitrogen and oxygen atoms in total. The minimum Gasteiger partial charge on any atom is -0.508 e. The summed E-state index contributed by atoms with van der Waals surface area (Å²) in [5, 5.41) is 14.9. The molecule has 0 saturated heterocycles. The Labute approximate surface area is 117 Å². The van der Waals surface area contributed by atoms with E-state index in [1.54, 1.807) is 30.6 Å². The van der Waals surface area contributed by atoms with Gasteiger partial charge in [-0.15, -0.1) is 0 Å². The fourth-order valence-electron chi connectivity index (χ4n) is 1.78. The fraction of sp³-hybridized carbons (Fsp3) is 0.200. The third-order valence-corrected chi connectivity index (χ3v) is 2.79. The Kier molecular flexibility index (Phi) is 4.94. The topological polar surface area (TPSA) is 74.2 Å². The zero-order chi connectivity index (χ0) is 14.2. The van der Waals surface area contributed by atoms with Gasteiger partial charge in [-0.1, -0.05) is 18.2 Å². The summed E-state index contributed by atoms with van der Waals surface area (Å²) in [6.45, 7) is 0.966. The Morgan fingerprint density at radius 2 is 2.00 bits per heavy atom. The molecule has 1 heterocycles. The van der Waals surface area contributed by atoms with Crippen LogP contribution in [0.4, 0.5) is 4.79 Å². The monoisotopic (exact) mass is 271 g/mol. The summed E-state index contributed by atoms with van der Waals surface area (Å²) in [6.07, 6.45) is 4.08. The van der Waals surface area contributed by atoms with Gasteiger partial charge in [0.15, 0.2) is 0 Å². The van der Waals surface area contributed by atoms with E-state index >= 15 is 0 Å². The van der Waals surface area contributed by atoms with Crippen LogP contribution in [0.2, 0.25) is 0 Å². The van der Waals surface area contributed by atoms with Gasteiger partial charge in [0, 0.05) is 25.5 Å². The zero-order valence-electron chi connectivity index (χ0n) is 11.0. The maximum atomic E-state index is 11.6. The molecule has 0 unspecified atom stereocenters. The highest BCUT2D eigenvalue weighted by atomic mass is 16.3. The minimum atomic E-state index is -0.214. The molecule has 0 atom stereocenters. The van der Waals surface area contributed by atoms with Gasteiger partial charge in [0.2, 0.25) is 0 Å². The number of phenols is 1. The number of hydrogen-bond acceptors (Lipinski definition) is 3. The number of phenolic OH excluding ortho intramolecular Hbond substituents is 1. The van der Waals surface area contributed by atoms with Gasteiger partial charge in [-0.3, -0.25) is 4.98 Å². The molecule has 2 aromatic rings. The Hall–Kier alpha value is -2.56. The van der Waals surface area contributed by atoms with Crippen LogP contribution in [-0.4, -0.2) is 22.7 Å². The van der Waals surface area contributed by atoms with Gasteiger partial charge in [-0.05, 0) is 35.7 Å². The van der Waals surface area contributed by atoms with Crippen molar-refractivity contribution in [1.29, 1.82) is 0 Å². The van der Waals surface area contributed by atoms with Crippen molar-refractivity contribution in [2.24, 2.45) is 0 Å². The van der Waals surface area contributed by atoms with Crippen molar-refractivity contribution < 1.29 is 9.90 Å². The van der Waals surface area contributed by atoms with Crippen LogP contribution in [0.25, 0.3) is 0 Å². The number of carbonyl (C=O) groups excluding carboxylic acids is 1. The molecule has 5 heteroatoms. The van der Waals surface area contributed by atoms with Gasteiger partial charge in [-0.2, -0.15) is 0 Å². The average molecular weight is 271 g/mol. The predicted molar refractivity (Wildman–Crippen MR) is 76.3 cm³/mol. The number of pyridine rings is 1. The third-order valence-electron chi connectivity index (χ3n) is 2.79. The van der Waals surface area contributed by atoms with Crippen molar-refractivity contribution in [2.75, 3.05) is 6.54 Å². The lowest BCUT2D eigenvalue weighted by Crippen LogP contribution is -2.36. The third kappa shape index (κ3) is 4.61. The molecule has 2 amide bonds. The number of benzene rings is 1. The second-order valence-corrected chi connectivity index (χ2v) is 4.39. The normalized spacial score (nSPS) is 10.0. The molecule has 2 rings (SSSR count). The Balaban J connectivity index is 1.68. The molecule has 3 N–H and O–H groups in total. The van der Waals surface area contributed by atoms with Gasteiger partial charge in [0.1, 0.15) is 5.75 Å². The molecular weight excluding hydrogens is 254 g/mol. The maximum absolute atomic E-state index is 11.6. The van der Waals surface area contributed by atoms with E-state index in [4.69, 9.17) is 0 Å². The van der Waals surface area contributed by atoms with Crippen molar-refractivity contribution >= 4 is 6.03 Å². The van der Waals surface area contributed by atoms with Crippen LogP contribution in [0.3, 0.4) is 0 Å². The Morgan fingerprint density at radius 1 is 1.15 bits per heavy atom. The summed E-state index contributed by atoms with van der Waals surface area (Å²) in [4.78, 5) is 15.6. The van der Waals surface area contributed by atoms with Gasteiger partial charge >= 0.3 is 6.03 Å². The Bertz CT molecular complexity index is 558. The van der Waals surface area contributed by atoms with E-state index in [0.29, 0.717) is 19.5 Å². The minimum absolute atomic E-state index is 0.214. The summed E-state index contributed by atoms with van der Waals surface area (Å²) < 4.78 is 0. The van der Waals surface area contributed by atoms with E-state index in [1.165, 1.54) is 0 Å². The first-order valence-electron chi connectivity index (χ1n) is 6.42. The van der Waals surface area contributed by atoms with Crippen molar-refractivity contribution in [3.8, 4) is 5.75 Å². The summed E-state index contributed by atoms with van der Waals surface area (Å²) >= 11 is 0. The highest BCUT2D eigenvalue weighted by molar-refractivity contribution is 5.73. The van der Waals surface area contributed by atoms with Crippen molar-refractivity contribution in [1.82, 2.24) is 15.6 Å². The van der Waals surface area contributed by atoms with Crippen LogP contribution in [-0.2, 0) is 13.0 Å². The second kappa shape index (κ2) is 7.13. The number of urea groups is 1. The summed E-state index contributed by atoms with van der Waals surface area (Å²) in [7, 11) is 0. The van der Waals surface area contributed by atoms with Crippen LogP contribution in [0.15, 0.2) is 48.8 Å². The number of nitrogens with one attached hydrogen (secondary N) is 2. The standard InChI is InChI=1S/C15H17N3O2/c19-14-5-1-3-12(9-14)6-8-17-15(20)18-11-13-4-2-7-16-10-13/h1-5,7,9-10,19H,6,8,11H2,(H2,17,18,20). The molecule has 1 aromatic heterocycles. The molecule has 20 heavy (non-hydrogen) atoms. The molecule has 0 spiro atoms. The SMILES string of the molecule is O=C(NCCc1cccc(O)c1)NCc1cccnc1. The van der Waals surface area contributed by atoms with Crippen LogP contribution < -0.4 is 10.6 Å². The summed E-state index contributed by atoms with van der Waals surface area (Å²) in [6, 6.07) is 10.5. The first-order valence-corrected chi connectivity index (χ1v) is 6.42. The lowest BCUT2D eigenvalue weighted by molar-refractivity contribution is 0.240. The number of aromatic nitrogens is 1. The lowest BCUT2D eigenvalue weighted by atomic mass is 10.1. The molecule has 0 aliphatic heterocycles. The van der Waals surface area contributed by atoms with E-state index in [-0.39, 0.29) is 11.8 Å². The van der Waals surface area contributed by atoms with E-state index in [9.17, 15) is 9.90 Å². The Morgan fingerprint density at radius 3 is 2.75 bits per heavy atom. The van der Waals surface area contributed by atoms with Crippen molar-refractivity contribution in [3.63, 3.8) is 0 Å². The number of amides is 2. The average Bonchev–Trinajstić information content (AvgIpc) is 2.46. The van der Waals surface area contributed by atoms with Gasteiger partial charge < -0.3 is 15.7 Å². The fourth-order valence-corrected chi connectivity index (χ4v) is 1.78. The summed E-state index contributed by atoms with van der Waals surface area (Å²) in [5.74, 6) is 0.239. The number of nitrogens with zero attached hydrogens (tertiary/aromatic N) is 1. The van der Waals surface area contributed by atoms with Crippen LogP contribution in [0, 0.1) is 0 Å². The first-order chi connectivity index (χ1) is 9.74. The van der Waals surface area contributed by atoms with Gasteiger partial charge in [-0.25, -0.2) is 4.79 Å². The maximum Gasteiger partial charge on any atom is 0.315 e. The number of rotatable bonds is 5. The molecule has 0 aliphatic carbocycles. The highest BCUT2D eigenvalue weighted by Crippen LogP contribution is 2.10. The zero-order valence-corrected chi connectivity index (χ0v) is 11.0. The molecule has 0 radical (unpaired) electrons.